The van der Waals surface area contributed by atoms with Gasteiger partial charge in [0.25, 0.3) is 11.4 Å². The fraction of sp³-hybridized carbons (Fsp3) is 0.229. The third-order valence-corrected chi connectivity index (χ3v) is 8.74. The minimum Gasteiger partial charge on any atom is -0.459 e. The Morgan fingerprint density at radius 1 is 0.698 bits per heavy atom. The Morgan fingerprint density at radius 2 is 1.15 bits per heavy atom. The Labute approximate surface area is 304 Å². The number of nitro benzene ring substituents is 2. The zero-order valence-electron chi connectivity index (χ0n) is 28.3. The van der Waals surface area contributed by atoms with Crippen molar-refractivity contribution in [2.24, 2.45) is 10.7 Å². The van der Waals surface area contributed by atoms with Gasteiger partial charge in [-0.3, -0.25) is 39.4 Å². The number of nitro groups is 2. The monoisotopic (exact) mass is 748 g/mol. The van der Waals surface area contributed by atoms with Crippen LogP contribution < -0.4 is 16.1 Å². The molecule has 278 valence electrons. The number of amides is 1. The third kappa shape index (κ3) is 13.8. The number of aliphatic imine (C=N–C) groups is 1. The third-order valence-electron chi connectivity index (χ3n) is 7.29. The summed E-state index contributed by atoms with van der Waals surface area (Å²) >= 11 is 0. The standard InChI is InChI=1S/C35H37N6O11P/c36-34(39-53(48,51-24-28-13-17-30(18-14-28)40(44)45)52-25-29-15-19-31(20-16-29)41(46)47)37-21-7-12-32(33(42)49-22-26-8-3-1-4-9-26)38-35(43)50-23-27-10-5-2-6-11-27/h1-6,8-11,13-20,32H,7,12,21-25H2,(H,38,43)(H3,36,37,39,48)/t32-/m1/s1. The highest BCUT2D eigenvalue weighted by atomic mass is 31.2. The summed E-state index contributed by atoms with van der Waals surface area (Å²) in [5, 5.41) is 27.0. The number of nitrogens with one attached hydrogen (secondary N) is 2. The van der Waals surface area contributed by atoms with Crippen LogP contribution in [0.1, 0.15) is 35.1 Å². The number of alkyl carbamates (subject to hydrolysis) is 1. The van der Waals surface area contributed by atoms with Gasteiger partial charge >= 0.3 is 19.8 Å². The first kappa shape index (κ1) is 39.6. The first-order valence-electron chi connectivity index (χ1n) is 16.1. The zero-order chi connectivity index (χ0) is 38.1. The van der Waals surface area contributed by atoms with Gasteiger partial charge in [0.15, 0.2) is 5.96 Å². The minimum absolute atomic E-state index is 0.00669. The first-order valence-corrected chi connectivity index (χ1v) is 17.7. The van der Waals surface area contributed by atoms with E-state index in [0.717, 1.165) is 11.1 Å². The maximum Gasteiger partial charge on any atom is 0.435 e. The molecule has 0 saturated heterocycles. The number of nitrogens with zero attached hydrogens (tertiary/aromatic N) is 3. The van der Waals surface area contributed by atoms with Crippen molar-refractivity contribution in [1.82, 2.24) is 10.4 Å². The molecule has 0 aliphatic carbocycles. The second-order valence-corrected chi connectivity index (χ2v) is 13.0. The van der Waals surface area contributed by atoms with E-state index in [2.05, 4.69) is 15.4 Å². The molecule has 0 aliphatic rings. The fourth-order valence-electron chi connectivity index (χ4n) is 4.50. The van der Waals surface area contributed by atoms with Crippen molar-refractivity contribution in [3.63, 3.8) is 0 Å². The number of hydrogen-bond acceptors (Lipinski definition) is 12. The van der Waals surface area contributed by atoms with Crippen LogP contribution in [0.5, 0.6) is 0 Å². The summed E-state index contributed by atoms with van der Waals surface area (Å²) in [7, 11) is -4.26. The van der Waals surface area contributed by atoms with Gasteiger partial charge in [-0.15, -0.1) is 0 Å². The van der Waals surface area contributed by atoms with Gasteiger partial charge in [0.05, 0.1) is 23.1 Å². The van der Waals surface area contributed by atoms with E-state index in [4.69, 9.17) is 24.3 Å². The van der Waals surface area contributed by atoms with E-state index in [1.54, 1.807) is 48.5 Å². The molecular formula is C35H37N6O11P. The number of carbonyl (C=O) groups excluding carboxylic acids is 2. The average Bonchev–Trinajstić information content (AvgIpc) is 3.17. The van der Waals surface area contributed by atoms with Gasteiger partial charge in [-0.05, 0) is 59.4 Å². The van der Waals surface area contributed by atoms with Crippen LogP contribution in [0.4, 0.5) is 16.2 Å². The van der Waals surface area contributed by atoms with Crippen LogP contribution in [0.15, 0.2) is 114 Å². The summed E-state index contributed by atoms with van der Waals surface area (Å²) in [6.45, 7) is -0.611. The van der Waals surface area contributed by atoms with Crippen molar-refractivity contribution in [2.75, 3.05) is 6.54 Å². The largest absolute Gasteiger partial charge is 0.459 e. The Bertz CT molecular complexity index is 1830. The van der Waals surface area contributed by atoms with Crippen LogP contribution in [0.25, 0.3) is 0 Å². The molecule has 0 saturated carbocycles. The molecule has 4 N–H and O–H groups in total. The lowest BCUT2D eigenvalue weighted by atomic mass is 10.1. The molecule has 0 fully saturated rings. The molecule has 4 rings (SSSR count). The summed E-state index contributed by atoms with van der Waals surface area (Å²) < 4.78 is 35.6. The molecule has 4 aromatic carbocycles. The predicted octanol–water partition coefficient (Wildman–Crippen LogP) is 6.07. The Kier molecular flexibility index (Phi) is 15.0. The highest BCUT2D eigenvalue weighted by Gasteiger charge is 2.27. The smallest absolute Gasteiger partial charge is 0.435 e. The molecule has 0 aliphatic heterocycles. The fourth-order valence-corrected chi connectivity index (χ4v) is 5.70. The number of hydrogen-bond donors (Lipinski definition) is 3. The number of benzene rings is 4. The van der Waals surface area contributed by atoms with E-state index in [0.29, 0.717) is 11.1 Å². The van der Waals surface area contributed by atoms with Crippen LogP contribution in [-0.4, -0.2) is 40.5 Å². The number of ether oxygens (including phenoxy) is 2. The molecule has 0 aromatic heterocycles. The molecule has 4 aromatic rings. The molecule has 0 radical (unpaired) electrons. The number of nitrogens with two attached hydrogens (primary N) is 1. The van der Waals surface area contributed by atoms with Gasteiger partial charge in [-0.25, -0.2) is 14.2 Å². The lowest BCUT2D eigenvalue weighted by Gasteiger charge is -2.20. The summed E-state index contributed by atoms with van der Waals surface area (Å²) in [6, 6.07) is 27.6. The van der Waals surface area contributed by atoms with Crippen molar-refractivity contribution < 1.29 is 42.5 Å². The van der Waals surface area contributed by atoms with E-state index in [1.807, 2.05) is 12.1 Å². The number of guanidine groups is 1. The van der Waals surface area contributed by atoms with Crippen LogP contribution in [-0.2, 0) is 54.3 Å². The molecule has 1 atom stereocenters. The summed E-state index contributed by atoms with van der Waals surface area (Å²) in [4.78, 5) is 50.7. The SMILES string of the molecule is NC(=NCCC[C@@H](NC(=O)OCc1ccccc1)C(=O)OCc1ccccc1)NP(=O)(OCc1ccc([N+](=O)[O-])cc1)OCc1ccc([N+](=O)[O-])cc1. The molecule has 0 spiro atoms. The lowest BCUT2D eigenvalue weighted by molar-refractivity contribution is -0.385. The lowest BCUT2D eigenvalue weighted by Crippen LogP contribution is -2.42. The normalized spacial score (nSPS) is 12.0. The van der Waals surface area contributed by atoms with Crippen LogP contribution in [0.2, 0.25) is 0 Å². The maximum absolute atomic E-state index is 13.8. The quantitative estimate of drug-likeness (QED) is 0.0188. The highest BCUT2D eigenvalue weighted by Crippen LogP contribution is 2.45. The van der Waals surface area contributed by atoms with E-state index >= 15 is 0 Å². The minimum atomic E-state index is -4.26. The van der Waals surface area contributed by atoms with Gasteiger partial charge < -0.3 is 20.5 Å². The van der Waals surface area contributed by atoms with E-state index in [-0.39, 0.29) is 63.1 Å². The van der Waals surface area contributed by atoms with Crippen molar-refractivity contribution in [2.45, 2.75) is 45.3 Å². The topological polar surface area (TPSA) is 237 Å². The predicted molar refractivity (Wildman–Crippen MR) is 192 cm³/mol. The molecule has 53 heavy (non-hydrogen) atoms. The van der Waals surface area contributed by atoms with E-state index in [1.165, 1.54) is 48.5 Å². The van der Waals surface area contributed by atoms with Gasteiger partial charge in [0.2, 0.25) is 0 Å². The second kappa shape index (κ2) is 20.0. The highest BCUT2D eigenvalue weighted by molar-refractivity contribution is 7.52. The van der Waals surface area contributed by atoms with E-state index < -0.39 is 35.7 Å². The van der Waals surface area contributed by atoms with Crippen molar-refractivity contribution in [1.29, 1.82) is 0 Å². The molecule has 0 heterocycles. The van der Waals surface area contributed by atoms with Gasteiger partial charge in [0, 0.05) is 30.8 Å². The van der Waals surface area contributed by atoms with Gasteiger partial charge in [0.1, 0.15) is 19.3 Å². The summed E-state index contributed by atoms with van der Waals surface area (Å²) in [6.07, 6.45) is -0.531. The molecular weight excluding hydrogens is 711 g/mol. The Balaban J connectivity index is 1.38. The number of esters is 1. The van der Waals surface area contributed by atoms with Gasteiger partial charge in [-0.2, -0.15) is 0 Å². The maximum atomic E-state index is 13.8. The number of rotatable bonds is 19. The van der Waals surface area contributed by atoms with Gasteiger partial charge in [-0.1, -0.05) is 60.7 Å². The van der Waals surface area contributed by atoms with Crippen LogP contribution in [0, 0.1) is 20.2 Å². The average molecular weight is 749 g/mol. The zero-order valence-corrected chi connectivity index (χ0v) is 29.2. The Morgan fingerprint density at radius 3 is 1.62 bits per heavy atom. The van der Waals surface area contributed by atoms with Crippen LogP contribution in [0.3, 0.4) is 0 Å². The number of non-ortho nitro benzene ring substituents is 2. The molecule has 17 nitrogen and oxygen atoms in total. The molecule has 0 bridgehead atoms. The van der Waals surface area contributed by atoms with Crippen LogP contribution >= 0.6 is 7.75 Å². The number of carbonyl (C=O) groups is 2. The summed E-state index contributed by atoms with van der Waals surface area (Å²) in [5.41, 5.74) is 8.14. The second-order valence-electron chi connectivity index (χ2n) is 11.3. The Hall–Kier alpha value is -6.16. The van der Waals surface area contributed by atoms with Crippen molar-refractivity contribution >= 4 is 37.1 Å². The molecule has 18 heteroatoms. The summed E-state index contributed by atoms with van der Waals surface area (Å²) in [5.74, 6) is -1.02. The van der Waals surface area contributed by atoms with Crippen molar-refractivity contribution in [3.05, 3.63) is 152 Å². The van der Waals surface area contributed by atoms with Crippen molar-refractivity contribution in [3.8, 4) is 0 Å². The molecule has 0 unspecified atom stereocenters. The first-order chi connectivity index (χ1) is 25.5. The molecule has 1 amide bonds. The van der Waals surface area contributed by atoms with E-state index in [9.17, 15) is 34.4 Å².